The lowest BCUT2D eigenvalue weighted by Crippen LogP contribution is -2.26. The number of nitrogens with one attached hydrogen (secondary N) is 2. The molecule has 0 aliphatic heterocycles. The summed E-state index contributed by atoms with van der Waals surface area (Å²) in [6, 6.07) is 9.07. The summed E-state index contributed by atoms with van der Waals surface area (Å²) in [5.74, 6) is 1.67. The first-order chi connectivity index (χ1) is 12.0. The van der Waals surface area contributed by atoms with Gasteiger partial charge in [-0.1, -0.05) is 13.8 Å². The molecule has 2 aromatic rings. The van der Waals surface area contributed by atoms with Gasteiger partial charge in [-0.05, 0) is 36.6 Å². The molecule has 134 valence electrons. The molecule has 1 aromatic carbocycles. The first kappa shape index (κ1) is 18.6. The highest BCUT2D eigenvalue weighted by Crippen LogP contribution is 2.31. The number of hydrogen-bond donors (Lipinski definition) is 2. The third-order valence-electron chi connectivity index (χ3n) is 3.67. The minimum absolute atomic E-state index is 0.170. The molecule has 2 rings (SSSR count). The fraction of sp³-hybridized carbons (Fsp3) is 0.368. The van der Waals surface area contributed by atoms with Crippen LogP contribution in [-0.4, -0.2) is 31.7 Å². The Morgan fingerprint density at radius 2 is 1.80 bits per heavy atom. The number of benzene rings is 1. The van der Waals surface area contributed by atoms with Crippen LogP contribution in [0.4, 0.5) is 11.4 Å². The van der Waals surface area contributed by atoms with Gasteiger partial charge >= 0.3 is 0 Å². The fourth-order valence-electron chi connectivity index (χ4n) is 2.28. The van der Waals surface area contributed by atoms with E-state index in [9.17, 15) is 4.79 Å². The molecule has 1 amide bonds. The third-order valence-corrected chi connectivity index (χ3v) is 3.67. The van der Waals surface area contributed by atoms with Crippen LogP contribution >= 0.6 is 0 Å². The van der Waals surface area contributed by atoms with Crippen LogP contribution in [-0.2, 0) is 0 Å². The van der Waals surface area contributed by atoms with E-state index >= 15 is 0 Å². The minimum atomic E-state index is -0.170. The van der Waals surface area contributed by atoms with Crippen molar-refractivity contribution in [3.8, 4) is 11.5 Å². The highest BCUT2D eigenvalue weighted by molar-refractivity contribution is 5.93. The molecule has 1 heterocycles. The standard InChI is InChI=1S/C19H25N3O3/c1-13(2)7-9-21-19(23)16-11-15(8-10-20-16)22-14-5-6-17(24-3)18(12-14)25-4/h5-6,8,10-13H,7,9H2,1-4H3,(H,20,22)(H,21,23). The van der Waals surface area contributed by atoms with E-state index in [0.717, 1.165) is 17.8 Å². The number of aromatic nitrogens is 1. The molecule has 6 heteroatoms. The van der Waals surface area contributed by atoms with Crippen molar-refractivity contribution in [3.05, 3.63) is 42.2 Å². The van der Waals surface area contributed by atoms with E-state index in [1.807, 2.05) is 24.3 Å². The molecule has 2 N–H and O–H groups in total. The maximum absolute atomic E-state index is 12.2. The molecule has 0 aliphatic rings. The van der Waals surface area contributed by atoms with Gasteiger partial charge in [0.15, 0.2) is 11.5 Å². The van der Waals surface area contributed by atoms with E-state index in [-0.39, 0.29) is 5.91 Å². The summed E-state index contributed by atoms with van der Waals surface area (Å²) in [5, 5.41) is 6.13. The summed E-state index contributed by atoms with van der Waals surface area (Å²) in [7, 11) is 3.19. The predicted molar refractivity (Wildman–Crippen MR) is 98.9 cm³/mol. The number of carbonyl (C=O) groups excluding carboxylic acids is 1. The lowest BCUT2D eigenvalue weighted by atomic mass is 10.1. The second kappa shape index (κ2) is 8.92. The zero-order valence-corrected chi connectivity index (χ0v) is 15.1. The van der Waals surface area contributed by atoms with Crippen molar-refractivity contribution in [3.63, 3.8) is 0 Å². The Kier molecular flexibility index (Phi) is 6.62. The molecule has 6 nitrogen and oxygen atoms in total. The maximum atomic E-state index is 12.2. The van der Waals surface area contributed by atoms with E-state index in [1.54, 1.807) is 26.5 Å². The van der Waals surface area contributed by atoms with Crippen LogP contribution in [0.25, 0.3) is 0 Å². The molecule has 1 aromatic heterocycles. The van der Waals surface area contributed by atoms with Gasteiger partial charge in [-0.2, -0.15) is 0 Å². The Balaban J connectivity index is 2.07. The fourth-order valence-corrected chi connectivity index (χ4v) is 2.28. The highest BCUT2D eigenvalue weighted by atomic mass is 16.5. The second-order valence-electron chi connectivity index (χ2n) is 6.06. The van der Waals surface area contributed by atoms with Gasteiger partial charge in [0.05, 0.1) is 14.2 Å². The molecule has 0 spiro atoms. The van der Waals surface area contributed by atoms with Gasteiger partial charge in [-0.15, -0.1) is 0 Å². The Labute approximate surface area is 148 Å². The lowest BCUT2D eigenvalue weighted by molar-refractivity contribution is 0.0947. The number of methoxy groups -OCH3 is 2. The second-order valence-corrected chi connectivity index (χ2v) is 6.06. The van der Waals surface area contributed by atoms with Crippen molar-refractivity contribution >= 4 is 17.3 Å². The van der Waals surface area contributed by atoms with Crippen molar-refractivity contribution in [1.82, 2.24) is 10.3 Å². The molecule has 0 atom stereocenters. The summed E-state index contributed by atoms with van der Waals surface area (Å²) in [5.41, 5.74) is 1.99. The molecule has 0 bridgehead atoms. The summed E-state index contributed by atoms with van der Waals surface area (Å²) >= 11 is 0. The van der Waals surface area contributed by atoms with E-state index in [0.29, 0.717) is 29.7 Å². The average Bonchev–Trinajstić information content (AvgIpc) is 2.61. The predicted octanol–water partition coefficient (Wildman–Crippen LogP) is 3.62. The van der Waals surface area contributed by atoms with Crippen LogP contribution in [0, 0.1) is 5.92 Å². The number of ether oxygens (including phenoxy) is 2. The van der Waals surface area contributed by atoms with Crippen LogP contribution in [0.1, 0.15) is 30.8 Å². The SMILES string of the molecule is COc1ccc(Nc2ccnc(C(=O)NCCC(C)C)c2)cc1OC. The molecule has 0 unspecified atom stereocenters. The van der Waals surface area contributed by atoms with Crippen LogP contribution in [0.5, 0.6) is 11.5 Å². The quantitative estimate of drug-likeness (QED) is 0.766. The van der Waals surface area contributed by atoms with Gasteiger partial charge in [0, 0.05) is 30.2 Å². The number of nitrogens with zero attached hydrogens (tertiary/aromatic N) is 1. The van der Waals surface area contributed by atoms with Crippen LogP contribution in [0.3, 0.4) is 0 Å². The van der Waals surface area contributed by atoms with Crippen molar-refractivity contribution in [2.24, 2.45) is 5.92 Å². The molecule has 0 radical (unpaired) electrons. The van der Waals surface area contributed by atoms with Gasteiger partial charge in [-0.25, -0.2) is 0 Å². The monoisotopic (exact) mass is 343 g/mol. The number of anilines is 2. The largest absolute Gasteiger partial charge is 0.493 e. The van der Waals surface area contributed by atoms with Gasteiger partial charge in [0.1, 0.15) is 5.69 Å². The Morgan fingerprint density at radius 3 is 2.48 bits per heavy atom. The van der Waals surface area contributed by atoms with Gasteiger partial charge < -0.3 is 20.1 Å². The zero-order valence-electron chi connectivity index (χ0n) is 15.1. The molecular weight excluding hydrogens is 318 g/mol. The molecule has 25 heavy (non-hydrogen) atoms. The number of rotatable bonds is 8. The lowest BCUT2D eigenvalue weighted by Gasteiger charge is -2.12. The average molecular weight is 343 g/mol. The van der Waals surface area contributed by atoms with Gasteiger partial charge in [-0.3, -0.25) is 9.78 Å². The van der Waals surface area contributed by atoms with Crippen molar-refractivity contribution < 1.29 is 14.3 Å². The van der Waals surface area contributed by atoms with Gasteiger partial charge in [0.25, 0.3) is 5.91 Å². The van der Waals surface area contributed by atoms with Crippen molar-refractivity contribution in [1.29, 1.82) is 0 Å². The third kappa shape index (κ3) is 5.38. The Hall–Kier alpha value is -2.76. The number of pyridine rings is 1. The molecule has 0 aliphatic carbocycles. The van der Waals surface area contributed by atoms with Crippen molar-refractivity contribution in [2.45, 2.75) is 20.3 Å². The van der Waals surface area contributed by atoms with Crippen LogP contribution in [0.2, 0.25) is 0 Å². The van der Waals surface area contributed by atoms with Gasteiger partial charge in [0.2, 0.25) is 0 Å². The van der Waals surface area contributed by atoms with E-state index < -0.39 is 0 Å². The first-order valence-electron chi connectivity index (χ1n) is 8.26. The highest BCUT2D eigenvalue weighted by Gasteiger charge is 2.09. The van der Waals surface area contributed by atoms with Crippen LogP contribution < -0.4 is 20.1 Å². The minimum Gasteiger partial charge on any atom is -0.493 e. The van der Waals surface area contributed by atoms with E-state index in [1.165, 1.54) is 0 Å². The van der Waals surface area contributed by atoms with E-state index in [2.05, 4.69) is 29.5 Å². The normalized spacial score (nSPS) is 10.4. The smallest absolute Gasteiger partial charge is 0.269 e. The molecule has 0 fully saturated rings. The Morgan fingerprint density at radius 1 is 1.08 bits per heavy atom. The number of hydrogen-bond acceptors (Lipinski definition) is 5. The first-order valence-corrected chi connectivity index (χ1v) is 8.26. The summed E-state index contributed by atoms with van der Waals surface area (Å²) in [6.45, 7) is 4.89. The summed E-state index contributed by atoms with van der Waals surface area (Å²) in [4.78, 5) is 16.3. The maximum Gasteiger partial charge on any atom is 0.269 e. The molecule has 0 saturated carbocycles. The summed E-state index contributed by atoms with van der Waals surface area (Å²) < 4.78 is 10.5. The van der Waals surface area contributed by atoms with Crippen molar-refractivity contribution in [2.75, 3.05) is 26.1 Å². The number of amides is 1. The molecule has 0 saturated heterocycles. The number of carbonyl (C=O) groups is 1. The van der Waals surface area contributed by atoms with Crippen LogP contribution in [0.15, 0.2) is 36.5 Å². The summed E-state index contributed by atoms with van der Waals surface area (Å²) in [6.07, 6.45) is 2.55. The van der Waals surface area contributed by atoms with E-state index in [4.69, 9.17) is 9.47 Å². The zero-order chi connectivity index (χ0) is 18.2. The topological polar surface area (TPSA) is 72.5 Å². The molecular formula is C19H25N3O3. The Bertz CT molecular complexity index is 717.